The summed E-state index contributed by atoms with van der Waals surface area (Å²) in [5, 5.41) is 6.13. The van der Waals surface area contributed by atoms with E-state index in [0.29, 0.717) is 10.7 Å². The number of rotatable bonds is 4. The zero-order valence-corrected chi connectivity index (χ0v) is 15.6. The van der Waals surface area contributed by atoms with Gasteiger partial charge in [-0.3, -0.25) is 14.0 Å². The van der Waals surface area contributed by atoms with Gasteiger partial charge in [0, 0.05) is 17.3 Å². The Kier molecular flexibility index (Phi) is 5.15. The van der Waals surface area contributed by atoms with Crippen LogP contribution in [-0.2, 0) is 0 Å². The monoisotopic (exact) mass is 390 g/mol. The Hall–Kier alpha value is -2.57. The Morgan fingerprint density at radius 3 is 2.58 bits per heavy atom. The molecule has 1 aromatic carbocycles. The lowest BCUT2D eigenvalue weighted by atomic mass is 10.2. The predicted molar refractivity (Wildman–Crippen MR) is 102 cm³/mol. The Morgan fingerprint density at radius 2 is 1.88 bits per heavy atom. The normalized spacial score (nSPS) is 11.0. The summed E-state index contributed by atoms with van der Waals surface area (Å²) in [6.07, 6.45) is 1.71. The van der Waals surface area contributed by atoms with E-state index in [2.05, 4.69) is 15.6 Å². The average Bonchev–Trinajstić information content (AvgIpc) is 2.91. The van der Waals surface area contributed by atoms with E-state index in [1.165, 1.54) is 12.1 Å². The predicted octanol–water partition coefficient (Wildman–Crippen LogP) is 4.03. The molecule has 0 aliphatic rings. The molecule has 0 bridgehead atoms. The summed E-state index contributed by atoms with van der Waals surface area (Å²) >= 11 is 12.0. The lowest BCUT2D eigenvalue weighted by Gasteiger charge is -2.10. The van der Waals surface area contributed by atoms with Gasteiger partial charge in [-0.2, -0.15) is 0 Å². The van der Waals surface area contributed by atoms with Crippen LogP contribution < -0.4 is 10.6 Å². The highest BCUT2D eigenvalue weighted by Gasteiger charge is 2.22. The van der Waals surface area contributed by atoms with Crippen LogP contribution in [0.5, 0.6) is 0 Å². The number of fused-ring (bicyclic) bond motifs is 1. The summed E-state index contributed by atoms with van der Waals surface area (Å²) in [6.45, 7) is 3.71. The van der Waals surface area contributed by atoms with Crippen molar-refractivity contribution < 1.29 is 9.59 Å². The van der Waals surface area contributed by atoms with E-state index in [0.717, 1.165) is 0 Å². The number of carbonyl (C=O) groups is 2. The van der Waals surface area contributed by atoms with E-state index in [4.69, 9.17) is 23.2 Å². The topological polar surface area (TPSA) is 75.5 Å². The Bertz CT molecular complexity index is 998. The fraction of sp³-hybridized carbons (Fsp3) is 0.167. The van der Waals surface area contributed by atoms with E-state index in [9.17, 15) is 9.59 Å². The van der Waals surface area contributed by atoms with Crippen molar-refractivity contribution >= 4 is 46.5 Å². The van der Waals surface area contributed by atoms with Crippen LogP contribution in [0.1, 0.15) is 34.7 Å². The zero-order valence-electron chi connectivity index (χ0n) is 14.1. The molecule has 0 spiro atoms. The van der Waals surface area contributed by atoms with Crippen molar-refractivity contribution in [1.29, 1.82) is 0 Å². The maximum absolute atomic E-state index is 12.6. The van der Waals surface area contributed by atoms with Gasteiger partial charge in [-0.25, -0.2) is 4.98 Å². The number of imidazole rings is 1. The molecule has 0 radical (unpaired) electrons. The molecule has 0 unspecified atom stereocenters. The van der Waals surface area contributed by atoms with Crippen molar-refractivity contribution in [2.45, 2.75) is 19.9 Å². The molecule has 0 saturated heterocycles. The van der Waals surface area contributed by atoms with Gasteiger partial charge in [-0.15, -0.1) is 0 Å². The van der Waals surface area contributed by atoms with Crippen molar-refractivity contribution in [3.8, 4) is 0 Å². The van der Waals surface area contributed by atoms with Crippen molar-refractivity contribution in [1.82, 2.24) is 14.7 Å². The van der Waals surface area contributed by atoms with Crippen molar-refractivity contribution in [2.24, 2.45) is 0 Å². The SMILES string of the molecule is CC(C)NC(=O)c1c(NC(=O)c2ccc(Cl)cc2Cl)nc2ccccn12. The first-order valence-electron chi connectivity index (χ1n) is 7.91. The van der Waals surface area contributed by atoms with Gasteiger partial charge >= 0.3 is 0 Å². The average molecular weight is 391 g/mol. The second-order valence-corrected chi connectivity index (χ2v) is 6.79. The van der Waals surface area contributed by atoms with Crippen LogP contribution in [0.25, 0.3) is 5.65 Å². The van der Waals surface area contributed by atoms with Crippen molar-refractivity contribution in [3.05, 3.63) is 63.9 Å². The molecule has 0 atom stereocenters. The first kappa shape index (κ1) is 18.2. The standard InChI is InChI=1S/C18H16Cl2N4O2/c1-10(2)21-18(26)15-16(22-14-5-3-4-8-24(14)15)23-17(25)12-7-6-11(19)9-13(12)20/h3-10H,1-2H3,(H,21,26)(H,23,25). The van der Waals surface area contributed by atoms with Gasteiger partial charge in [0.05, 0.1) is 10.6 Å². The lowest BCUT2D eigenvalue weighted by Crippen LogP contribution is -2.32. The number of carbonyl (C=O) groups excluding carboxylic acids is 2. The van der Waals surface area contributed by atoms with Gasteiger partial charge in [0.1, 0.15) is 5.65 Å². The van der Waals surface area contributed by atoms with Gasteiger partial charge in [0.15, 0.2) is 11.5 Å². The summed E-state index contributed by atoms with van der Waals surface area (Å²) in [7, 11) is 0. The van der Waals surface area contributed by atoms with Crippen LogP contribution in [0.3, 0.4) is 0 Å². The number of amides is 2. The fourth-order valence-corrected chi connectivity index (χ4v) is 2.97. The van der Waals surface area contributed by atoms with Gasteiger partial charge < -0.3 is 10.6 Å². The number of nitrogens with one attached hydrogen (secondary N) is 2. The molecule has 2 amide bonds. The quantitative estimate of drug-likeness (QED) is 0.705. The number of nitrogens with zero attached hydrogens (tertiary/aromatic N) is 2. The molecule has 0 aliphatic heterocycles. The molecule has 6 nitrogen and oxygen atoms in total. The Morgan fingerprint density at radius 1 is 1.12 bits per heavy atom. The summed E-state index contributed by atoms with van der Waals surface area (Å²) in [5.41, 5.74) is 1.02. The first-order valence-corrected chi connectivity index (χ1v) is 8.66. The lowest BCUT2D eigenvalue weighted by molar-refractivity contribution is 0.0938. The van der Waals surface area contributed by atoms with E-state index < -0.39 is 5.91 Å². The fourth-order valence-electron chi connectivity index (χ4n) is 2.48. The highest BCUT2D eigenvalue weighted by atomic mass is 35.5. The molecule has 134 valence electrons. The summed E-state index contributed by atoms with van der Waals surface area (Å²) in [5.74, 6) is -0.657. The van der Waals surface area contributed by atoms with Gasteiger partial charge in [-0.05, 0) is 44.2 Å². The molecule has 2 aromatic heterocycles. The zero-order chi connectivity index (χ0) is 18.8. The molecule has 2 heterocycles. The maximum atomic E-state index is 12.6. The number of hydrogen-bond donors (Lipinski definition) is 2. The highest BCUT2D eigenvalue weighted by Crippen LogP contribution is 2.23. The number of hydrogen-bond acceptors (Lipinski definition) is 3. The largest absolute Gasteiger partial charge is 0.348 e. The molecule has 0 aliphatic carbocycles. The van der Waals surface area contributed by atoms with Crippen molar-refractivity contribution in [2.75, 3.05) is 5.32 Å². The third-order valence-corrected chi connectivity index (χ3v) is 4.12. The number of pyridine rings is 1. The molecule has 3 aromatic rings. The molecule has 3 rings (SSSR count). The minimum atomic E-state index is -0.478. The third-order valence-electron chi connectivity index (χ3n) is 3.57. The summed E-state index contributed by atoms with van der Waals surface area (Å²) in [4.78, 5) is 29.6. The van der Waals surface area contributed by atoms with Crippen LogP contribution in [0.15, 0.2) is 42.6 Å². The van der Waals surface area contributed by atoms with Crippen molar-refractivity contribution in [3.63, 3.8) is 0 Å². The molecule has 26 heavy (non-hydrogen) atoms. The van der Waals surface area contributed by atoms with E-state index in [-0.39, 0.29) is 34.0 Å². The molecular weight excluding hydrogens is 375 g/mol. The highest BCUT2D eigenvalue weighted by molar-refractivity contribution is 6.37. The van der Waals surface area contributed by atoms with E-state index in [1.54, 1.807) is 34.9 Å². The molecule has 0 saturated carbocycles. The summed E-state index contributed by atoms with van der Waals surface area (Å²) in [6, 6.07) is 9.83. The smallest absolute Gasteiger partial charge is 0.272 e. The number of anilines is 1. The van der Waals surface area contributed by atoms with Crippen LogP contribution in [0.2, 0.25) is 10.0 Å². The summed E-state index contributed by atoms with van der Waals surface area (Å²) < 4.78 is 1.62. The van der Waals surface area contributed by atoms with Gasteiger partial charge in [0.2, 0.25) is 0 Å². The molecular formula is C18H16Cl2N4O2. The van der Waals surface area contributed by atoms with Gasteiger partial charge in [0.25, 0.3) is 11.8 Å². The number of halogens is 2. The van der Waals surface area contributed by atoms with E-state index >= 15 is 0 Å². The first-order chi connectivity index (χ1) is 12.4. The maximum Gasteiger partial charge on any atom is 0.272 e. The van der Waals surface area contributed by atoms with Crippen LogP contribution in [0.4, 0.5) is 5.82 Å². The third kappa shape index (κ3) is 3.66. The number of aromatic nitrogens is 2. The second kappa shape index (κ2) is 7.35. The van der Waals surface area contributed by atoms with E-state index in [1.807, 2.05) is 13.8 Å². The minimum Gasteiger partial charge on any atom is -0.348 e. The van der Waals surface area contributed by atoms with Crippen LogP contribution >= 0.6 is 23.2 Å². The molecule has 0 fully saturated rings. The Labute approximate surface area is 160 Å². The molecule has 8 heteroatoms. The Balaban J connectivity index is 2.01. The molecule has 2 N–H and O–H groups in total. The second-order valence-electron chi connectivity index (χ2n) is 5.94. The van der Waals surface area contributed by atoms with Crippen LogP contribution in [-0.4, -0.2) is 27.2 Å². The minimum absolute atomic E-state index is 0.0639. The van der Waals surface area contributed by atoms with Gasteiger partial charge in [-0.1, -0.05) is 29.3 Å². The number of benzene rings is 1. The van der Waals surface area contributed by atoms with Crippen LogP contribution in [0, 0.1) is 0 Å².